The molecule has 0 aliphatic heterocycles. The van der Waals surface area contributed by atoms with Crippen molar-refractivity contribution in [2.24, 2.45) is 7.05 Å². The molecular weight excluding hydrogens is 296 g/mol. The lowest BCUT2D eigenvalue weighted by Crippen LogP contribution is -3.00. The van der Waals surface area contributed by atoms with Crippen LogP contribution in [-0.4, -0.2) is 9.90 Å². The van der Waals surface area contributed by atoms with Gasteiger partial charge in [-0.05, 0) is 12.8 Å². The third-order valence-corrected chi connectivity index (χ3v) is 2.74. The topological polar surface area (TPSA) is 8.81 Å². The molecule has 0 N–H and O–H groups in total. The molecule has 0 unspecified atom stereocenters. The van der Waals surface area contributed by atoms with Crippen molar-refractivity contribution in [1.82, 2.24) is 4.57 Å². The van der Waals surface area contributed by atoms with Gasteiger partial charge in [-0.15, -0.1) is 0 Å². The molecule has 0 bridgehead atoms. The predicted molar refractivity (Wildman–Crippen MR) is 53.4 cm³/mol. The average molecular weight is 312 g/mol. The third kappa shape index (κ3) is 3.81. The lowest BCUT2D eigenvalue weighted by atomic mass is 10.3. The van der Waals surface area contributed by atoms with Gasteiger partial charge in [0.2, 0.25) is 0 Å². The van der Waals surface area contributed by atoms with Crippen molar-refractivity contribution in [1.29, 1.82) is 0 Å². The molecule has 0 atom stereocenters. The van der Waals surface area contributed by atoms with Crippen molar-refractivity contribution in [3.63, 3.8) is 0 Å². The van der Waals surface area contributed by atoms with E-state index in [1.807, 2.05) is 0 Å². The van der Waals surface area contributed by atoms with Gasteiger partial charge in [-0.25, -0.2) is 9.13 Å². The first-order valence-electron chi connectivity index (χ1n) is 4.33. The number of hydrogen-bond acceptors (Lipinski definition) is 0. The predicted octanol–water partition coefficient (Wildman–Crippen LogP) is -1.20. The molecule has 0 spiro atoms. The van der Waals surface area contributed by atoms with Gasteiger partial charge in [0.1, 0.15) is 12.4 Å². The Morgan fingerprint density at radius 2 is 2.15 bits per heavy atom. The number of rotatable bonds is 4. The summed E-state index contributed by atoms with van der Waals surface area (Å²) in [5.74, 6) is 1.32. The van der Waals surface area contributed by atoms with Gasteiger partial charge in [0.15, 0.2) is 0 Å². The minimum Gasteiger partial charge on any atom is -1.00 e. The molecule has 1 aromatic heterocycles. The van der Waals surface area contributed by atoms with Gasteiger partial charge in [-0.3, -0.25) is 0 Å². The highest BCUT2D eigenvalue weighted by Crippen LogP contribution is 1.99. The van der Waals surface area contributed by atoms with Crippen molar-refractivity contribution in [3.05, 3.63) is 18.2 Å². The quantitative estimate of drug-likeness (QED) is 0.375. The molecule has 2 nitrogen and oxygen atoms in total. The van der Waals surface area contributed by atoms with E-state index >= 15 is 0 Å². The van der Waals surface area contributed by atoms with Gasteiger partial charge in [-0.1, -0.05) is 15.9 Å². The fourth-order valence-corrected chi connectivity index (χ4v) is 1.61. The first-order chi connectivity index (χ1) is 5.75. The number of imidazole rings is 1. The largest absolute Gasteiger partial charge is 1.00 e. The van der Waals surface area contributed by atoms with Gasteiger partial charge in [0, 0.05) is 12.3 Å². The van der Waals surface area contributed by atoms with E-state index in [-0.39, 0.29) is 17.0 Å². The van der Waals surface area contributed by atoms with E-state index in [1.54, 1.807) is 0 Å². The van der Waals surface area contributed by atoms with Crippen LogP contribution in [0.1, 0.15) is 18.7 Å². The number of nitrogens with zero attached hydrogens (tertiary/aromatic N) is 2. The van der Waals surface area contributed by atoms with Gasteiger partial charge in [-0.2, -0.15) is 0 Å². The number of halogens is 2. The van der Waals surface area contributed by atoms with E-state index in [0.29, 0.717) is 0 Å². The number of aryl methyl sites for hydroxylation is 2. The monoisotopic (exact) mass is 310 g/mol. The van der Waals surface area contributed by atoms with Crippen LogP contribution in [0.2, 0.25) is 0 Å². The molecule has 4 heteroatoms. The fourth-order valence-electron chi connectivity index (χ4n) is 1.21. The highest BCUT2D eigenvalue weighted by Gasteiger charge is 2.06. The van der Waals surface area contributed by atoms with Crippen LogP contribution < -0.4 is 21.5 Å². The van der Waals surface area contributed by atoms with Crippen LogP contribution in [0.5, 0.6) is 0 Å². The first-order valence-corrected chi connectivity index (χ1v) is 5.45. The highest BCUT2D eigenvalue weighted by atomic mass is 79.9. The summed E-state index contributed by atoms with van der Waals surface area (Å²) in [6, 6.07) is 0. The molecule has 1 heterocycles. The van der Waals surface area contributed by atoms with Crippen molar-refractivity contribution < 1.29 is 21.5 Å². The number of unbranched alkanes of at least 4 members (excludes halogenated alkanes) is 1. The van der Waals surface area contributed by atoms with E-state index in [2.05, 4.69) is 51.4 Å². The summed E-state index contributed by atoms with van der Waals surface area (Å²) < 4.78 is 4.44. The Labute approximate surface area is 98.9 Å². The standard InChI is InChI=1S/C9H16BrN2.BrH/c1-9-11(2)7-8-12(9)6-4-3-5-10;/h7-8H,3-6H2,1-2H3;1H/q+1;/p-1. The van der Waals surface area contributed by atoms with E-state index in [9.17, 15) is 0 Å². The van der Waals surface area contributed by atoms with Crippen LogP contribution in [0.4, 0.5) is 0 Å². The van der Waals surface area contributed by atoms with Crippen LogP contribution >= 0.6 is 15.9 Å². The molecule has 0 aromatic carbocycles. The molecule has 0 aliphatic rings. The minimum atomic E-state index is 0. The summed E-state index contributed by atoms with van der Waals surface area (Å²) in [4.78, 5) is 0. The Kier molecular flexibility index (Phi) is 6.68. The van der Waals surface area contributed by atoms with Gasteiger partial charge in [0.05, 0.1) is 13.6 Å². The highest BCUT2D eigenvalue weighted by molar-refractivity contribution is 9.09. The van der Waals surface area contributed by atoms with E-state index in [4.69, 9.17) is 0 Å². The Morgan fingerprint density at radius 3 is 2.62 bits per heavy atom. The second kappa shape index (κ2) is 6.60. The second-order valence-electron chi connectivity index (χ2n) is 3.05. The van der Waals surface area contributed by atoms with Gasteiger partial charge in [0.25, 0.3) is 5.82 Å². The third-order valence-electron chi connectivity index (χ3n) is 2.18. The Morgan fingerprint density at radius 1 is 1.46 bits per heavy atom. The number of hydrogen-bond donors (Lipinski definition) is 0. The molecule has 0 saturated heterocycles. The molecule has 0 fully saturated rings. The molecule has 1 aromatic rings. The van der Waals surface area contributed by atoms with Gasteiger partial charge < -0.3 is 17.0 Å². The summed E-state index contributed by atoms with van der Waals surface area (Å²) in [7, 11) is 2.08. The van der Waals surface area contributed by atoms with Crippen LogP contribution in [0.3, 0.4) is 0 Å². The van der Waals surface area contributed by atoms with E-state index in [0.717, 1.165) is 11.9 Å². The Hall–Kier alpha value is 0.170. The molecule has 0 saturated carbocycles. The lowest BCUT2D eigenvalue weighted by molar-refractivity contribution is -0.677. The maximum atomic E-state index is 3.43. The smallest absolute Gasteiger partial charge is 0.253 e. The molecule has 13 heavy (non-hydrogen) atoms. The Balaban J connectivity index is 0.00000144. The second-order valence-corrected chi connectivity index (χ2v) is 3.84. The molecule has 0 amide bonds. The normalized spacial score (nSPS) is 9.77. The van der Waals surface area contributed by atoms with Crippen molar-refractivity contribution in [3.8, 4) is 0 Å². The minimum absolute atomic E-state index is 0. The van der Waals surface area contributed by atoms with E-state index < -0.39 is 0 Å². The van der Waals surface area contributed by atoms with Crippen LogP contribution in [0, 0.1) is 6.92 Å². The van der Waals surface area contributed by atoms with Crippen molar-refractivity contribution in [2.45, 2.75) is 26.3 Å². The Bertz CT molecular complexity index is 246. The first kappa shape index (κ1) is 13.2. The summed E-state index contributed by atoms with van der Waals surface area (Å²) >= 11 is 3.43. The van der Waals surface area contributed by atoms with Crippen molar-refractivity contribution >= 4 is 15.9 Å². The number of alkyl halides is 1. The van der Waals surface area contributed by atoms with Crippen LogP contribution in [0.25, 0.3) is 0 Å². The SMILES string of the molecule is Cc1n(CCCCBr)cc[n+]1C.[Br-]. The average Bonchev–Trinajstić information content (AvgIpc) is 2.36. The van der Waals surface area contributed by atoms with Crippen molar-refractivity contribution in [2.75, 3.05) is 5.33 Å². The summed E-state index contributed by atoms with van der Waals surface area (Å²) in [5.41, 5.74) is 0. The summed E-state index contributed by atoms with van der Waals surface area (Å²) in [6.07, 6.45) is 6.75. The van der Waals surface area contributed by atoms with Crippen LogP contribution in [0.15, 0.2) is 12.4 Å². The zero-order valence-corrected chi connectivity index (χ0v) is 11.3. The fraction of sp³-hybridized carbons (Fsp3) is 0.667. The molecule has 0 aliphatic carbocycles. The van der Waals surface area contributed by atoms with Crippen LogP contribution in [-0.2, 0) is 13.6 Å². The maximum absolute atomic E-state index is 3.43. The zero-order valence-electron chi connectivity index (χ0n) is 8.13. The zero-order chi connectivity index (χ0) is 8.97. The molecule has 1 rings (SSSR count). The summed E-state index contributed by atoms with van der Waals surface area (Å²) in [6.45, 7) is 3.28. The lowest BCUT2D eigenvalue weighted by Gasteiger charge is -1.97. The van der Waals surface area contributed by atoms with Gasteiger partial charge >= 0.3 is 0 Å². The molecular formula is C9H16Br2N2. The van der Waals surface area contributed by atoms with E-state index in [1.165, 1.54) is 18.7 Å². The molecule has 0 radical (unpaired) electrons. The number of aromatic nitrogens is 2. The summed E-state index contributed by atoms with van der Waals surface area (Å²) in [5, 5.41) is 1.11. The maximum Gasteiger partial charge on any atom is 0.253 e. The molecule has 76 valence electrons.